The van der Waals surface area contributed by atoms with Crippen molar-refractivity contribution in [2.75, 3.05) is 19.8 Å². The van der Waals surface area contributed by atoms with Gasteiger partial charge in [-0.3, -0.25) is 14.9 Å². The Balaban J connectivity index is 2.27. The summed E-state index contributed by atoms with van der Waals surface area (Å²) in [6.07, 6.45) is 1.11. The van der Waals surface area contributed by atoms with Crippen LogP contribution in [0, 0.1) is 10.1 Å². The van der Waals surface area contributed by atoms with E-state index in [-0.39, 0.29) is 22.6 Å². The lowest BCUT2D eigenvalue weighted by Crippen LogP contribution is -2.18. The van der Waals surface area contributed by atoms with Gasteiger partial charge in [0.05, 0.1) is 31.0 Å². The maximum atomic E-state index is 12.5. The number of carbonyl (C=O) groups is 1. The van der Waals surface area contributed by atoms with Gasteiger partial charge in [0.2, 0.25) is 5.75 Å². The Morgan fingerprint density at radius 2 is 1.70 bits per heavy atom. The second kappa shape index (κ2) is 10.6. The average Bonchev–Trinajstić information content (AvgIpc) is 2.71. The Kier molecular flexibility index (Phi) is 7.98. The number of rotatable bonds is 10. The largest absolute Gasteiger partial charge is 0.507 e. The summed E-state index contributed by atoms with van der Waals surface area (Å²) in [4.78, 5) is 22.8. The molecule has 2 rings (SSSR count). The van der Waals surface area contributed by atoms with Crippen molar-refractivity contribution in [1.82, 2.24) is 5.43 Å². The van der Waals surface area contributed by atoms with Crippen molar-refractivity contribution in [2.45, 2.75) is 20.8 Å². The van der Waals surface area contributed by atoms with Crippen LogP contribution in [-0.4, -0.2) is 42.0 Å². The summed E-state index contributed by atoms with van der Waals surface area (Å²) in [6, 6.07) is 6.49. The first-order valence-corrected chi connectivity index (χ1v) is 9.28. The number of hydrogen-bond acceptors (Lipinski definition) is 8. The van der Waals surface area contributed by atoms with Crippen molar-refractivity contribution in [1.29, 1.82) is 0 Å². The van der Waals surface area contributed by atoms with Crippen molar-refractivity contribution in [3.63, 3.8) is 0 Å². The molecule has 0 fully saturated rings. The highest BCUT2D eigenvalue weighted by Gasteiger charge is 2.18. The van der Waals surface area contributed by atoms with Crippen molar-refractivity contribution >= 4 is 17.8 Å². The third kappa shape index (κ3) is 5.60. The Morgan fingerprint density at radius 3 is 2.23 bits per heavy atom. The summed E-state index contributed by atoms with van der Waals surface area (Å²) in [6.45, 7) is 6.55. The number of phenols is 1. The van der Waals surface area contributed by atoms with E-state index < -0.39 is 10.8 Å². The molecule has 0 spiro atoms. The zero-order valence-electron chi connectivity index (χ0n) is 16.9. The van der Waals surface area contributed by atoms with Crippen LogP contribution < -0.4 is 19.6 Å². The summed E-state index contributed by atoms with van der Waals surface area (Å²) in [5, 5.41) is 24.4. The van der Waals surface area contributed by atoms with Crippen LogP contribution in [0.25, 0.3) is 0 Å². The molecule has 30 heavy (non-hydrogen) atoms. The molecule has 0 bridgehead atoms. The Hall–Kier alpha value is -3.82. The molecule has 0 aliphatic rings. The molecule has 160 valence electrons. The van der Waals surface area contributed by atoms with Crippen molar-refractivity contribution in [3.05, 3.63) is 51.6 Å². The zero-order chi connectivity index (χ0) is 22.1. The van der Waals surface area contributed by atoms with Gasteiger partial charge in [-0.15, -0.1) is 0 Å². The second-order valence-electron chi connectivity index (χ2n) is 5.80. The maximum absolute atomic E-state index is 12.5. The molecular formula is C20H23N3O7. The van der Waals surface area contributed by atoms with E-state index in [0.29, 0.717) is 37.1 Å². The third-order valence-electron chi connectivity index (χ3n) is 3.76. The first kappa shape index (κ1) is 22.5. The highest BCUT2D eigenvalue weighted by atomic mass is 16.6. The number of hydrazone groups is 1. The van der Waals surface area contributed by atoms with Gasteiger partial charge in [0, 0.05) is 23.3 Å². The smallest absolute Gasteiger partial charge is 0.271 e. The average molecular weight is 417 g/mol. The van der Waals surface area contributed by atoms with Crippen LogP contribution >= 0.6 is 0 Å². The molecule has 0 aliphatic heterocycles. The first-order valence-electron chi connectivity index (χ1n) is 9.28. The fourth-order valence-electron chi connectivity index (χ4n) is 2.50. The molecule has 0 saturated heterocycles. The van der Waals surface area contributed by atoms with Gasteiger partial charge in [-0.1, -0.05) is 0 Å². The minimum atomic E-state index is -0.597. The number of carbonyl (C=O) groups excluding carboxylic acids is 1. The molecule has 0 aromatic heterocycles. The summed E-state index contributed by atoms with van der Waals surface area (Å²) in [5.41, 5.74) is 2.40. The number of non-ortho nitro benzene ring substituents is 1. The Bertz CT molecular complexity index is 917. The zero-order valence-corrected chi connectivity index (χ0v) is 16.9. The van der Waals surface area contributed by atoms with Crippen LogP contribution in [0.1, 0.15) is 36.7 Å². The van der Waals surface area contributed by atoms with Gasteiger partial charge in [0.15, 0.2) is 11.5 Å². The highest BCUT2D eigenvalue weighted by molar-refractivity contribution is 5.96. The number of nitrogens with one attached hydrogen (secondary N) is 1. The van der Waals surface area contributed by atoms with E-state index in [1.165, 1.54) is 18.2 Å². The fraction of sp³-hybridized carbons (Fsp3) is 0.300. The fourth-order valence-corrected chi connectivity index (χ4v) is 2.50. The van der Waals surface area contributed by atoms with E-state index in [9.17, 15) is 20.0 Å². The van der Waals surface area contributed by atoms with Crippen LogP contribution in [0.3, 0.4) is 0 Å². The molecule has 1 amide bonds. The van der Waals surface area contributed by atoms with Gasteiger partial charge in [-0.05, 0) is 39.0 Å². The molecule has 0 radical (unpaired) electrons. The van der Waals surface area contributed by atoms with Gasteiger partial charge in [0.25, 0.3) is 11.6 Å². The van der Waals surface area contributed by atoms with E-state index in [1.807, 2.05) is 6.92 Å². The number of nitro groups is 1. The topological polar surface area (TPSA) is 133 Å². The number of benzene rings is 2. The number of aromatic hydroxyl groups is 1. The van der Waals surface area contributed by atoms with Crippen LogP contribution in [0.5, 0.6) is 23.0 Å². The van der Waals surface area contributed by atoms with E-state index in [0.717, 1.165) is 18.3 Å². The molecule has 2 aromatic rings. The summed E-state index contributed by atoms with van der Waals surface area (Å²) in [7, 11) is 0. The first-order chi connectivity index (χ1) is 14.4. The van der Waals surface area contributed by atoms with Gasteiger partial charge in [-0.2, -0.15) is 5.10 Å². The van der Waals surface area contributed by atoms with Gasteiger partial charge in [-0.25, -0.2) is 5.43 Å². The van der Waals surface area contributed by atoms with E-state index >= 15 is 0 Å². The van der Waals surface area contributed by atoms with E-state index in [2.05, 4.69) is 10.5 Å². The van der Waals surface area contributed by atoms with Crippen molar-refractivity contribution in [2.24, 2.45) is 5.10 Å². The molecule has 2 N–H and O–H groups in total. The normalized spacial score (nSPS) is 10.6. The predicted octanol–water partition coefficient (Wildman–Crippen LogP) is 3.26. The molecule has 0 aliphatic carbocycles. The summed E-state index contributed by atoms with van der Waals surface area (Å²) >= 11 is 0. The number of ether oxygens (including phenoxy) is 3. The van der Waals surface area contributed by atoms with Gasteiger partial charge < -0.3 is 19.3 Å². The van der Waals surface area contributed by atoms with Crippen molar-refractivity contribution in [3.8, 4) is 23.0 Å². The van der Waals surface area contributed by atoms with Crippen LogP contribution in [0.15, 0.2) is 35.4 Å². The summed E-state index contributed by atoms with van der Waals surface area (Å²) < 4.78 is 16.7. The lowest BCUT2D eigenvalue weighted by Gasteiger charge is -2.16. The lowest BCUT2D eigenvalue weighted by atomic mass is 10.1. The van der Waals surface area contributed by atoms with Gasteiger partial charge in [0.1, 0.15) is 5.75 Å². The third-order valence-corrected chi connectivity index (χ3v) is 3.76. The second-order valence-corrected chi connectivity index (χ2v) is 5.80. The van der Waals surface area contributed by atoms with Crippen molar-refractivity contribution < 1.29 is 29.0 Å². The Labute approximate surface area is 173 Å². The minimum Gasteiger partial charge on any atom is -0.507 e. The molecule has 2 aromatic carbocycles. The Morgan fingerprint density at radius 1 is 1.10 bits per heavy atom. The lowest BCUT2D eigenvalue weighted by molar-refractivity contribution is -0.384. The van der Waals surface area contributed by atoms with E-state index in [4.69, 9.17) is 14.2 Å². The van der Waals surface area contributed by atoms with Gasteiger partial charge >= 0.3 is 0 Å². The molecule has 0 atom stereocenters. The molecule has 0 heterocycles. The number of amides is 1. The molecule has 10 heteroatoms. The SMILES string of the molecule is CCOc1cc(C(=O)N/N=C\c2cc([N+](=O)[O-])ccc2O)cc(OCC)c1OCC. The van der Waals surface area contributed by atoms with Crippen LogP contribution in [-0.2, 0) is 0 Å². The summed E-state index contributed by atoms with van der Waals surface area (Å²) in [5.74, 6) is 0.340. The monoisotopic (exact) mass is 417 g/mol. The molecule has 0 saturated carbocycles. The molecular weight excluding hydrogens is 394 g/mol. The number of hydrogen-bond donors (Lipinski definition) is 2. The van der Waals surface area contributed by atoms with E-state index in [1.54, 1.807) is 13.8 Å². The quantitative estimate of drug-likeness (QED) is 0.344. The molecule has 10 nitrogen and oxygen atoms in total. The predicted molar refractivity (Wildman–Crippen MR) is 110 cm³/mol. The highest BCUT2D eigenvalue weighted by Crippen LogP contribution is 2.39. The molecule has 0 unspecified atom stereocenters. The minimum absolute atomic E-state index is 0.0844. The number of nitro benzene ring substituents is 1. The maximum Gasteiger partial charge on any atom is 0.271 e. The number of phenolic OH excluding ortho intramolecular Hbond substituents is 1. The van der Waals surface area contributed by atoms with Crippen LogP contribution in [0.2, 0.25) is 0 Å². The number of nitrogens with zero attached hydrogens (tertiary/aromatic N) is 2. The van der Waals surface area contributed by atoms with Crippen LogP contribution in [0.4, 0.5) is 5.69 Å². The standard InChI is InChI=1S/C20H23N3O7/c1-4-28-17-10-13(11-18(29-5-2)19(17)30-6-3)20(25)22-21-12-14-9-15(23(26)27)7-8-16(14)24/h7-12,24H,4-6H2,1-3H3,(H,22,25)/b21-12-.